The van der Waals surface area contributed by atoms with E-state index in [-0.39, 0.29) is 35.7 Å². The molecule has 170 valence electrons. The highest BCUT2D eigenvalue weighted by Crippen LogP contribution is 2.36. The molecule has 1 fully saturated rings. The van der Waals surface area contributed by atoms with Crippen LogP contribution in [0.25, 0.3) is 0 Å². The number of nitrogens with zero attached hydrogens (tertiary/aromatic N) is 1. The number of carbonyl (C=O) groups is 2. The Morgan fingerprint density at radius 2 is 1.78 bits per heavy atom. The van der Waals surface area contributed by atoms with Crippen LogP contribution in [0.5, 0.6) is 5.75 Å². The molecule has 0 radical (unpaired) electrons. The van der Waals surface area contributed by atoms with Crippen molar-refractivity contribution in [3.8, 4) is 5.75 Å². The van der Waals surface area contributed by atoms with Gasteiger partial charge in [0.1, 0.15) is 5.75 Å². The van der Waals surface area contributed by atoms with Gasteiger partial charge >= 0.3 is 0 Å². The van der Waals surface area contributed by atoms with Crippen molar-refractivity contribution in [1.82, 2.24) is 4.31 Å². The third kappa shape index (κ3) is 4.35. The minimum atomic E-state index is -3.76. The Morgan fingerprint density at radius 1 is 1.12 bits per heavy atom. The molecule has 2 aliphatic rings. The summed E-state index contributed by atoms with van der Waals surface area (Å²) in [5.41, 5.74) is 2.85. The molecule has 9 heteroatoms. The van der Waals surface area contributed by atoms with Gasteiger partial charge in [-0.3, -0.25) is 9.59 Å². The molecule has 2 amide bonds. The lowest BCUT2D eigenvalue weighted by Gasteiger charge is -2.31. The van der Waals surface area contributed by atoms with Crippen LogP contribution in [-0.4, -0.2) is 43.7 Å². The average molecular weight is 458 g/mol. The van der Waals surface area contributed by atoms with Crippen LogP contribution in [0.1, 0.15) is 30.9 Å². The monoisotopic (exact) mass is 457 g/mol. The van der Waals surface area contributed by atoms with E-state index in [1.807, 2.05) is 31.2 Å². The van der Waals surface area contributed by atoms with Gasteiger partial charge < -0.3 is 15.4 Å². The molecule has 0 saturated carbocycles. The third-order valence-electron chi connectivity index (χ3n) is 5.97. The van der Waals surface area contributed by atoms with Crippen LogP contribution in [0, 0.1) is 19.8 Å². The molecule has 4 rings (SSSR count). The Labute approximate surface area is 188 Å². The summed E-state index contributed by atoms with van der Waals surface area (Å²) in [5, 5.41) is 5.65. The Kier molecular flexibility index (Phi) is 5.96. The van der Waals surface area contributed by atoms with Crippen molar-refractivity contribution in [2.24, 2.45) is 5.92 Å². The van der Waals surface area contributed by atoms with E-state index in [2.05, 4.69) is 10.6 Å². The first kappa shape index (κ1) is 22.3. The van der Waals surface area contributed by atoms with Gasteiger partial charge in [-0.05, 0) is 57.4 Å². The number of benzene rings is 2. The van der Waals surface area contributed by atoms with E-state index in [1.165, 1.54) is 10.4 Å². The first-order chi connectivity index (χ1) is 15.1. The molecule has 0 aromatic heterocycles. The van der Waals surface area contributed by atoms with Crippen molar-refractivity contribution in [3.63, 3.8) is 0 Å². The smallest absolute Gasteiger partial charge is 0.265 e. The highest BCUT2D eigenvalue weighted by molar-refractivity contribution is 7.89. The summed E-state index contributed by atoms with van der Waals surface area (Å²) < 4.78 is 33.6. The van der Waals surface area contributed by atoms with Gasteiger partial charge in [0.25, 0.3) is 5.91 Å². The van der Waals surface area contributed by atoms with E-state index in [0.717, 1.165) is 11.3 Å². The second-order valence-electron chi connectivity index (χ2n) is 8.40. The zero-order chi connectivity index (χ0) is 23.0. The van der Waals surface area contributed by atoms with E-state index in [1.54, 1.807) is 19.9 Å². The predicted octanol–water partition coefficient (Wildman–Crippen LogP) is 3.06. The number of sulfonamides is 1. The summed E-state index contributed by atoms with van der Waals surface area (Å²) in [7, 11) is -3.76. The number of fused-ring (bicyclic) bond motifs is 1. The molecule has 1 saturated heterocycles. The highest BCUT2D eigenvalue weighted by Gasteiger charge is 2.34. The lowest BCUT2D eigenvalue weighted by atomic mass is 9.97. The van der Waals surface area contributed by atoms with Gasteiger partial charge in [-0.2, -0.15) is 4.31 Å². The van der Waals surface area contributed by atoms with Crippen LogP contribution < -0.4 is 15.4 Å². The van der Waals surface area contributed by atoms with Crippen LogP contribution in [0.2, 0.25) is 0 Å². The zero-order valence-electron chi connectivity index (χ0n) is 18.3. The standard InChI is InChI=1S/C23H27N3O5S/c1-14-4-6-18(7-5-14)24-23(28)17-8-10-26(11-9-17)32(29,30)21-13-20-19(12-15(21)2)25-22(27)16(3)31-20/h4-7,12-13,16-17H,8-11H2,1-3H3,(H,24,28)(H,25,27)/t16-/m1/s1. The summed E-state index contributed by atoms with van der Waals surface area (Å²) >= 11 is 0. The first-order valence-corrected chi connectivity index (χ1v) is 12.1. The Bertz CT molecular complexity index is 1150. The maximum atomic E-state index is 13.3. The summed E-state index contributed by atoms with van der Waals surface area (Å²) in [6.45, 7) is 5.81. The number of aryl methyl sites for hydroxylation is 2. The maximum absolute atomic E-state index is 13.3. The van der Waals surface area contributed by atoms with Crippen LogP contribution in [0.3, 0.4) is 0 Å². The molecule has 2 heterocycles. The number of amides is 2. The van der Waals surface area contributed by atoms with E-state index in [4.69, 9.17) is 4.74 Å². The van der Waals surface area contributed by atoms with Crippen LogP contribution in [0.15, 0.2) is 41.3 Å². The minimum absolute atomic E-state index is 0.0889. The number of piperidine rings is 1. The van der Waals surface area contributed by atoms with Gasteiger partial charge in [-0.1, -0.05) is 17.7 Å². The number of anilines is 2. The molecule has 32 heavy (non-hydrogen) atoms. The van der Waals surface area contributed by atoms with Gasteiger partial charge in [-0.15, -0.1) is 0 Å². The second-order valence-corrected chi connectivity index (χ2v) is 10.3. The van der Waals surface area contributed by atoms with E-state index in [0.29, 0.717) is 29.8 Å². The average Bonchev–Trinajstić information content (AvgIpc) is 2.76. The molecule has 0 spiro atoms. The molecule has 0 bridgehead atoms. The lowest BCUT2D eigenvalue weighted by Crippen LogP contribution is -2.41. The van der Waals surface area contributed by atoms with Crippen LogP contribution in [0.4, 0.5) is 11.4 Å². The van der Waals surface area contributed by atoms with Crippen molar-refractivity contribution >= 4 is 33.2 Å². The third-order valence-corrected chi connectivity index (χ3v) is 8.01. The summed E-state index contributed by atoms with van der Waals surface area (Å²) in [4.78, 5) is 24.6. The van der Waals surface area contributed by atoms with Crippen molar-refractivity contribution in [2.75, 3.05) is 23.7 Å². The number of hydrogen-bond acceptors (Lipinski definition) is 5. The molecule has 8 nitrogen and oxygen atoms in total. The first-order valence-electron chi connectivity index (χ1n) is 10.6. The molecule has 2 N–H and O–H groups in total. The molecule has 2 aliphatic heterocycles. The molecule has 2 aromatic rings. The summed E-state index contributed by atoms with van der Waals surface area (Å²) in [6.07, 6.45) is 0.207. The van der Waals surface area contributed by atoms with Crippen molar-refractivity contribution in [3.05, 3.63) is 47.5 Å². The molecule has 2 aromatic carbocycles. The number of nitrogens with one attached hydrogen (secondary N) is 2. The van der Waals surface area contributed by atoms with Gasteiger partial charge in [0.15, 0.2) is 6.10 Å². The normalized spacial score (nSPS) is 19.6. The quantitative estimate of drug-likeness (QED) is 0.734. The SMILES string of the molecule is Cc1ccc(NC(=O)C2CCN(S(=O)(=O)c3cc4c(cc3C)NC(=O)[C@@H](C)O4)CC2)cc1. The summed E-state index contributed by atoms with van der Waals surface area (Å²) in [5.74, 6) is -0.257. The fourth-order valence-electron chi connectivity index (χ4n) is 4.00. The Hall–Kier alpha value is -2.91. The fourth-order valence-corrected chi connectivity index (χ4v) is 5.69. The van der Waals surface area contributed by atoms with E-state index >= 15 is 0 Å². The van der Waals surface area contributed by atoms with Crippen LogP contribution in [-0.2, 0) is 19.6 Å². The molecule has 0 unspecified atom stereocenters. The maximum Gasteiger partial charge on any atom is 0.265 e. The summed E-state index contributed by atoms with van der Waals surface area (Å²) in [6, 6.07) is 10.7. The molecular weight excluding hydrogens is 430 g/mol. The predicted molar refractivity (Wildman–Crippen MR) is 121 cm³/mol. The van der Waals surface area contributed by atoms with Crippen LogP contribution >= 0.6 is 0 Å². The van der Waals surface area contributed by atoms with Gasteiger partial charge in [0, 0.05) is 30.8 Å². The minimum Gasteiger partial charge on any atom is -0.479 e. The molecule has 0 aliphatic carbocycles. The zero-order valence-corrected chi connectivity index (χ0v) is 19.2. The van der Waals surface area contributed by atoms with Gasteiger partial charge in [0.2, 0.25) is 15.9 Å². The number of hydrogen-bond donors (Lipinski definition) is 2. The topological polar surface area (TPSA) is 105 Å². The van der Waals surface area contributed by atoms with Crippen molar-refractivity contribution < 1.29 is 22.7 Å². The number of ether oxygens (including phenoxy) is 1. The molecule has 1 atom stereocenters. The van der Waals surface area contributed by atoms with Gasteiger partial charge in [-0.25, -0.2) is 8.42 Å². The van der Waals surface area contributed by atoms with Crippen molar-refractivity contribution in [2.45, 2.75) is 44.6 Å². The van der Waals surface area contributed by atoms with Gasteiger partial charge in [0.05, 0.1) is 10.6 Å². The molecular formula is C23H27N3O5S. The highest BCUT2D eigenvalue weighted by atomic mass is 32.2. The Balaban J connectivity index is 1.45. The van der Waals surface area contributed by atoms with E-state index in [9.17, 15) is 18.0 Å². The van der Waals surface area contributed by atoms with Crippen molar-refractivity contribution in [1.29, 1.82) is 0 Å². The fraction of sp³-hybridized carbons (Fsp3) is 0.391. The van der Waals surface area contributed by atoms with E-state index < -0.39 is 16.1 Å². The lowest BCUT2D eigenvalue weighted by molar-refractivity contribution is -0.123. The number of rotatable bonds is 4. The largest absolute Gasteiger partial charge is 0.479 e. The number of carbonyl (C=O) groups excluding carboxylic acids is 2. The second kappa shape index (κ2) is 8.55. The Morgan fingerprint density at radius 3 is 2.44 bits per heavy atom.